The van der Waals surface area contributed by atoms with E-state index in [1.54, 1.807) is 0 Å². The third kappa shape index (κ3) is 5.14. The maximum Gasteiger partial charge on any atom is 0.164 e. The van der Waals surface area contributed by atoms with Crippen molar-refractivity contribution >= 4 is 43.7 Å². The van der Waals surface area contributed by atoms with Crippen LogP contribution in [0.25, 0.3) is 106 Å². The molecule has 3 heterocycles. The van der Waals surface area contributed by atoms with E-state index in [1.807, 2.05) is 48.5 Å². The minimum atomic E-state index is -0.119. The molecule has 0 saturated carbocycles. The van der Waals surface area contributed by atoms with E-state index in [1.165, 1.54) is 38.5 Å². The predicted octanol–water partition coefficient (Wildman–Crippen LogP) is 13.8. The smallest absolute Gasteiger partial charge is 0.164 e. The van der Waals surface area contributed by atoms with Crippen LogP contribution in [0.1, 0.15) is 25.0 Å². The molecule has 0 spiro atoms. The molecule has 11 aromatic rings. The van der Waals surface area contributed by atoms with Crippen molar-refractivity contribution in [3.8, 4) is 62.1 Å². The summed E-state index contributed by atoms with van der Waals surface area (Å²) in [6.45, 7) is 4.69. The second-order valence-corrected chi connectivity index (χ2v) is 16.0. The zero-order valence-electron chi connectivity index (χ0n) is 32.5. The number of fused-ring (bicyclic) bond motifs is 9. The molecule has 3 aromatic heterocycles. The summed E-state index contributed by atoms with van der Waals surface area (Å²) in [5, 5.41) is 4.44. The van der Waals surface area contributed by atoms with Crippen LogP contribution in [0.4, 0.5) is 0 Å². The van der Waals surface area contributed by atoms with Crippen molar-refractivity contribution in [2.45, 2.75) is 19.3 Å². The number of rotatable bonds is 5. The van der Waals surface area contributed by atoms with Crippen LogP contribution >= 0.6 is 0 Å². The normalized spacial score (nSPS) is 13.1. The van der Waals surface area contributed by atoms with Crippen molar-refractivity contribution < 1.29 is 4.42 Å². The Morgan fingerprint density at radius 2 is 1.07 bits per heavy atom. The number of benzene rings is 8. The molecule has 0 saturated heterocycles. The minimum absolute atomic E-state index is 0.119. The number of hydrogen-bond acceptors (Lipinski definition) is 4. The van der Waals surface area contributed by atoms with Gasteiger partial charge in [-0.1, -0.05) is 147 Å². The maximum atomic E-state index is 6.60. The molecule has 59 heavy (non-hydrogen) atoms. The van der Waals surface area contributed by atoms with E-state index in [2.05, 4.69) is 152 Å². The first-order valence-corrected chi connectivity index (χ1v) is 20.1. The van der Waals surface area contributed by atoms with E-state index in [0.717, 1.165) is 61.0 Å². The summed E-state index contributed by atoms with van der Waals surface area (Å²) in [5.74, 6) is 1.82. The first-order valence-electron chi connectivity index (χ1n) is 20.1. The Kier molecular flexibility index (Phi) is 7.20. The van der Waals surface area contributed by atoms with Crippen LogP contribution in [0.2, 0.25) is 0 Å². The summed E-state index contributed by atoms with van der Waals surface area (Å²) < 4.78 is 9.02. The van der Waals surface area contributed by atoms with Crippen LogP contribution in [0, 0.1) is 0 Å². The fourth-order valence-corrected chi connectivity index (χ4v) is 9.39. The topological polar surface area (TPSA) is 56.7 Å². The average Bonchev–Trinajstić information content (AvgIpc) is 3.91. The molecule has 0 N–H and O–H groups in total. The summed E-state index contributed by atoms with van der Waals surface area (Å²) in [4.78, 5) is 15.5. The lowest BCUT2D eigenvalue weighted by Gasteiger charge is -2.21. The highest BCUT2D eigenvalue weighted by Gasteiger charge is 2.36. The Labute approximate surface area is 340 Å². The summed E-state index contributed by atoms with van der Waals surface area (Å²) in [6.07, 6.45) is 0. The van der Waals surface area contributed by atoms with E-state index in [9.17, 15) is 0 Å². The molecule has 12 rings (SSSR count). The Bertz CT molecular complexity index is 3470. The molecular formula is C54H36N4O. The lowest BCUT2D eigenvalue weighted by molar-refractivity contribution is 0.661. The van der Waals surface area contributed by atoms with Gasteiger partial charge in [-0.2, -0.15) is 0 Å². The molecule has 278 valence electrons. The molecule has 5 nitrogen and oxygen atoms in total. The van der Waals surface area contributed by atoms with Crippen LogP contribution in [0.3, 0.4) is 0 Å². The van der Waals surface area contributed by atoms with Gasteiger partial charge in [0.25, 0.3) is 0 Å². The van der Waals surface area contributed by atoms with Gasteiger partial charge in [-0.05, 0) is 81.9 Å². The summed E-state index contributed by atoms with van der Waals surface area (Å²) in [6, 6.07) is 64.1. The van der Waals surface area contributed by atoms with Gasteiger partial charge in [0, 0.05) is 49.3 Å². The monoisotopic (exact) mass is 756 g/mol. The van der Waals surface area contributed by atoms with Crippen LogP contribution in [-0.2, 0) is 5.41 Å². The van der Waals surface area contributed by atoms with Crippen molar-refractivity contribution in [3.63, 3.8) is 0 Å². The molecule has 0 fully saturated rings. The van der Waals surface area contributed by atoms with Crippen LogP contribution in [0.5, 0.6) is 0 Å². The minimum Gasteiger partial charge on any atom is -0.456 e. The molecule has 8 aromatic carbocycles. The van der Waals surface area contributed by atoms with E-state index in [4.69, 9.17) is 19.4 Å². The largest absolute Gasteiger partial charge is 0.456 e. The van der Waals surface area contributed by atoms with Crippen LogP contribution in [0.15, 0.2) is 186 Å². The van der Waals surface area contributed by atoms with Crippen molar-refractivity contribution in [3.05, 3.63) is 193 Å². The lowest BCUT2D eigenvalue weighted by Crippen LogP contribution is -2.14. The van der Waals surface area contributed by atoms with Gasteiger partial charge in [0.15, 0.2) is 17.5 Å². The van der Waals surface area contributed by atoms with E-state index in [-0.39, 0.29) is 5.41 Å². The van der Waals surface area contributed by atoms with Gasteiger partial charge < -0.3 is 8.98 Å². The van der Waals surface area contributed by atoms with E-state index in [0.29, 0.717) is 17.5 Å². The summed E-state index contributed by atoms with van der Waals surface area (Å²) in [7, 11) is 0. The van der Waals surface area contributed by atoms with Gasteiger partial charge in [0.1, 0.15) is 11.2 Å². The zero-order chi connectivity index (χ0) is 39.2. The maximum absolute atomic E-state index is 6.60. The van der Waals surface area contributed by atoms with Gasteiger partial charge >= 0.3 is 0 Å². The number of para-hydroxylation sites is 1. The first-order chi connectivity index (χ1) is 29.0. The van der Waals surface area contributed by atoms with Crippen LogP contribution in [-0.4, -0.2) is 19.5 Å². The Morgan fingerprint density at radius 1 is 0.407 bits per heavy atom. The van der Waals surface area contributed by atoms with Crippen molar-refractivity contribution in [2.24, 2.45) is 0 Å². The fraction of sp³-hybridized carbons (Fsp3) is 0.0556. The highest BCUT2D eigenvalue weighted by Crippen LogP contribution is 2.51. The predicted molar refractivity (Wildman–Crippen MR) is 241 cm³/mol. The molecule has 0 atom stereocenters. The number of aromatic nitrogens is 4. The van der Waals surface area contributed by atoms with Crippen LogP contribution < -0.4 is 0 Å². The highest BCUT2D eigenvalue weighted by atomic mass is 16.3. The highest BCUT2D eigenvalue weighted by molar-refractivity contribution is 6.14. The van der Waals surface area contributed by atoms with Gasteiger partial charge in [-0.3, -0.25) is 0 Å². The standard InChI is InChI=1S/C54H36N4O/c1-54(2)44-24-11-9-21-38(44)41-31-42-39-22-10-12-25-46(39)58(47(42)32-45(41)54)37-27-28-48-43(30-37)50-40(23-14-26-49(50)59-48)53-56-51(34-17-7-4-8-18-34)55-52(57-53)36-20-13-19-35(29-36)33-15-5-3-6-16-33/h3-32H,1-2H3. The second-order valence-electron chi connectivity index (χ2n) is 16.0. The molecule has 0 amide bonds. The molecule has 0 unspecified atom stereocenters. The molecular weight excluding hydrogens is 721 g/mol. The van der Waals surface area contributed by atoms with Gasteiger partial charge in [0.05, 0.1) is 11.0 Å². The number of nitrogens with zero attached hydrogens (tertiary/aromatic N) is 4. The SMILES string of the molecule is CC1(C)c2ccccc2-c2cc3c4ccccc4n(-c4ccc5oc6cccc(-c7nc(-c8ccccc8)nc(-c8cccc(-c9ccccc9)c8)n7)c6c5c4)c3cc21. The quantitative estimate of drug-likeness (QED) is 0.175. The third-order valence-electron chi connectivity index (χ3n) is 12.2. The average molecular weight is 757 g/mol. The molecule has 0 aliphatic heterocycles. The molecule has 0 radical (unpaired) electrons. The van der Waals surface area contributed by atoms with Crippen molar-refractivity contribution in [1.82, 2.24) is 19.5 Å². The Balaban J connectivity index is 1.07. The summed E-state index contributed by atoms with van der Waals surface area (Å²) in [5.41, 5.74) is 15.2. The van der Waals surface area contributed by atoms with E-state index >= 15 is 0 Å². The summed E-state index contributed by atoms with van der Waals surface area (Å²) >= 11 is 0. The third-order valence-corrected chi connectivity index (χ3v) is 12.2. The molecule has 1 aliphatic rings. The van der Waals surface area contributed by atoms with Gasteiger partial charge in [-0.15, -0.1) is 0 Å². The van der Waals surface area contributed by atoms with E-state index < -0.39 is 0 Å². The Morgan fingerprint density at radius 3 is 1.92 bits per heavy atom. The fourth-order valence-electron chi connectivity index (χ4n) is 9.39. The van der Waals surface area contributed by atoms with Gasteiger partial charge in [0.2, 0.25) is 0 Å². The second kappa shape index (κ2) is 12.7. The van der Waals surface area contributed by atoms with Crippen molar-refractivity contribution in [1.29, 1.82) is 0 Å². The Hall–Kier alpha value is -7.63. The lowest BCUT2D eigenvalue weighted by atomic mass is 9.82. The van der Waals surface area contributed by atoms with Gasteiger partial charge in [-0.25, -0.2) is 15.0 Å². The molecule has 1 aliphatic carbocycles. The number of furan rings is 1. The number of hydrogen-bond donors (Lipinski definition) is 0. The first kappa shape index (κ1) is 33.5. The van der Waals surface area contributed by atoms with Crippen molar-refractivity contribution in [2.75, 3.05) is 0 Å². The zero-order valence-corrected chi connectivity index (χ0v) is 32.5. The molecule has 5 heteroatoms. The molecule has 0 bridgehead atoms.